The van der Waals surface area contributed by atoms with E-state index in [0.717, 1.165) is 6.42 Å². The third kappa shape index (κ3) is 2.68. The Balaban J connectivity index is 2.28. The molecule has 0 aliphatic carbocycles. The van der Waals surface area contributed by atoms with Gasteiger partial charge in [0.1, 0.15) is 12.3 Å². The smallest absolute Gasteiger partial charge is 0.371 e. The van der Waals surface area contributed by atoms with Crippen LogP contribution in [0.1, 0.15) is 45.8 Å². The second-order valence-electron chi connectivity index (χ2n) is 4.17. The molecule has 0 saturated heterocycles. The average Bonchev–Trinajstić information content (AvgIpc) is 2.98. The van der Waals surface area contributed by atoms with E-state index in [1.165, 1.54) is 16.8 Å². The number of nitrogens with zero attached hydrogens (tertiary/aromatic N) is 3. The number of rotatable bonds is 6. The Morgan fingerprint density at radius 2 is 2.05 bits per heavy atom. The summed E-state index contributed by atoms with van der Waals surface area (Å²) in [4.78, 5) is 21.8. The molecule has 0 atom stereocenters. The maximum atomic E-state index is 11.0. The summed E-state index contributed by atoms with van der Waals surface area (Å²) in [7, 11) is 0. The Bertz CT molecular complexity index is 643. The van der Waals surface area contributed by atoms with Gasteiger partial charge in [0.25, 0.3) is 0 Å². The SMILES string of the molecule is CCCc1c(C(=O)O)nnn1Cc1ccc(C(=O)O)o1. The zero-order valence-corrected chi connectivity index (χ0v) is 10.7. The van der Waals surface area contributed by atoms with Crippen LogP contribution in [0.15, 0.2) is 16.5 Å². The number of furan rings is 1. The molecule has 0 aliphatic heterocycles. The largest absolute Gasteiger partial charge is 0.476 e. The normalized spacial score (nSPS) is 10.7. The summed E-state index contributed by atoms with van der Waals surface area (Å²) in [6, 6.07) is 2.85. The van der Waals surface area contributed by atoms with Gasteiger partial charge in [0.05, 0.1) is 5.69 Å². The van der Waals surface area contributed by atoms with Crippen molar-refractivity contribution in [3.8, 4) is 0 Å². The predicted molar refractivity (Wildman–Crippen MR) is 65.7 cm³/mol. The molecule has 0 amide bonds. The zero-order chi connectivity index (χ0) is 14.7. The lowest BCUT2D eigenvalue weighted by Gasteiger charge is -2.03. The molecule has 0 bridgehead atoms. The van der Waals surface area contributed by atoms with Crippen LogP contribution in [0, 0.1) is 0 Å². The Labute approximate surface area is 113 Å². The van der Waals surface area contributed by atoms with Crippen LogP contribution in [0.5, 0.6) is 0 Å². The van der Waals surface area contributed by atoms with Gasteiger partial charge in [-0.3, -0.25) is 0 Å². The predicted octanol–water partition coefficient (Wildman–Crippen LogP) is 1.27. The van der Waals surface area contributed by atoms with Gasteiger partial charge in [-0.05, 0) is 18.6 Å². The summed E-state index contributed by atoms with van der Waals surface area (Å²) in [5.41, 5.74) is 0.408. The minimum atomic E-state index is -1.16. The molecule has 8 nitrogen and oxygen atoms in total. The van der Waals surface area contributed by atoms with Crippen LogP contribution in [0.25, 0.3) is 0 Å². The monoisotopic (exact) mass is 279 g/mol. The van der Waals surface area contributed by atoms with Crippen molar-refractivity contribution in [1.29, 1.82) is 0 Å². The molecule has 8 heteroatoms. The zero-order valence-electron chi connectivity index (χ0n) is 10.7. The number of aromatic nitrogens is 3. The molecule has 0 radical (unpaired) electrons. The van der Waals surface area contributed by atoms with Crippen molar-refractivity contribution in [3.05, 3.63) is 35.0 Å². The van der Waals surface area contributed by atoms with Crippen molar-refractivity contribution in [2.45, 2.75) is 26.3 Å². The molecule has 0 unspecified atom stereocenters. The number of carboxylic acid groups (broad SMARTS) is 2. The van der Waals surface area contributed by atoms with Gasteiger partial charge in [0, 0.05) is 0 Å². The molecular formula is C12H13N3O5. The van der Waals surface area contributed by atoms with Gasteiger partial charge in [0.2, 0.25) is 5.76 Å². The van der Waals surface area contributed by atoms with Gasteiger partial charge in [0.15, 0.2) is 5.69 Å². The minimum Gasteiger partial charge on any atom is -0.476 e. The summed E-state index contributed by atoms with van der Waals surface area (Å²) in [5, 5.41) is 25.2. The van der Waals surface area contributed by atoms with E-state index in [9.17, 15) is 9.59 Å². The van der Waals surface area contributed by atoms with Crippen LogP contribution in [0.3, 0.4) is 0 Å². The molecular weight excluding hydrogens is 266 g/mol. The molecule has 20 heavy (non-hydrogen) atoms. The summed E-state index contributed by atoms with van der Waals surface area (Å²) >= 11 is 0. The molecule has 0 fully saturated rings. The number of carboxylic acids is 2. The lowest BCUT2D eigenvalue weighted by atomic mass is 10.2. The van der Waals surface area contributed by atoms with E-state index in [1.807, 2.05) is 6.92 Å². The number of carbonyl (C=O) groups is 2. The highest BCUT2D eigenvalue weighted by atomic mass is 16.4. The lowest BCUT2D eigenvalue weighted by molar-refractivity contribution is 0.0657. The number of hydrogen-bond donors (Lipinski definition) is 2. The van der Waals surface area contributed by atoms with Gasteiger partial charge in [-0.1, -0.05) is 18.6 Å². The van der Waals surface area contributed by atoms with Gasteiger partial charge >= 0.3 is 11.9 Å². The van der Waals surface area contributed by atoms with E-state index in [4.69, 9.17) is 14.6 Å². The van der Waals surface area contributed by atoms with Crippen LogP contribution in [-0.2, 0) is 13.0 Å². The molecule has 2 aromatic heterocycles. The molecule has 0 saturated carbocycles. The summed E-state index contributed by atoms with van der Waals surface area (Å²) in [5.74, 6) is -2.09. The van der Waals surface area contributed by atoms with Crippen molar-refractivity contribution in [2.24, 2.45) is 0 Å². The highest BCUT2D eigenvalue weighted by molar-refractivity contribution is 5.86. The van der Waals surface area contributed by atoms with Crippen molar-refractivity contribution in [3.63, 3.8) is 0 Å². The van der Waals surface area contributed by atoms with E-state index in [-0.39, 0.29) is 18.0 Å². The van der Waals surface area contributed by atoms with Crippen molar-refractivity contribution in [2.75, 3.05) is 0 Å². The lowest BCUT2D eigenvalue weighted by Crippen LogP contribution is -2.09. The second kappa shape index (κ2) is 5.55. The van der Waals surface area contributed by atoms with E-state index < -0.39 is 11.9 Å². The topological polar surface area (TPSA) is 118 Å². The first-order chi connectivity index (χ1) is 9.52. The fourth-order valence-corrected chi connectivity index (χ4v) is 1.84. The van der Waals surface area contributed by atoms with Crippen LogP contribution < -0.4 is 0 Å². The van der Waals surface area contributed by atoms with Crippen LogP contribution in [-0.4, -0.2) is 37.1 Å². The average molecular weight is 279 g/mol. The van der Waals surface area contributed by atoms with E-state index in [0.29, 0.717) is 17.9 Å². The van der Waals surface area contributed by atoms with E-state index in [1.54, 1.807) is 0 Å². The molecule has 0 spiro atoms. The summed E-state index contributed by atoms with van der Waals surface area (Å²) < 4.78 is 6.53. The maximum Gasteiger partial charge on any atom is 0.371 e. The van der Waals surface area contributed by atoms with Crippen molar-refractivity contribution in [1.82, 2.24) is 15.0 Å². The fraction of sp³-hybridized carbons (Fsp3) is 0.333. The van der Waals surface area contributed by atoms with E-state index >= 15 is 0 Å². The first kappa shape index (κ1) is 13.8. The first-order valence-electron chi connectivity index (χ1n) is 6.00. The van der Waals surface area contributed by atoms with Gasteiger partial charge in [-0.25, -0.2) is 14.3 Å². The molecule has 2 heterocycles. The molecule has 0 aromatic carbocycles. The molecule has 106 valence electrons. The molecule has 2 aromatic rings. The summed E-state index contributed by atoms with van der Waals surface area (Å²) in [6.45, 7) is 2.06. The summed E-state index contributed by atoms with van der Waals surface area (Å²) in [6.07, 6.45) is 1.26. The maximum absolute atomic E-state index is 11.0. The molecule has 2 N–H and O–H groups in total. The van der Waals surface area contributed by atoms with E-state index in [2.05, 4.69) is 10.3 Å². The Morgan fingerprint density at radius 3 is 2.60 bits per heavy atom. The third-order valence-electron chi connectivity index (χ3n) is 2.71. The first-order valence-corrected chi connectivity index (χ1v) is 6.00. The third-order valence-corrected chi connectivity index (χ3v) is 2.71. The molecule has 0 aliphatic rings. The standard InChI is InChI=1S/C12H13N3O5/c1-2-3-8-10(12(18)19)13-14-15(8)6-7-4-5-9(20-7)11(16)17/h4-5H,2-3,6H2,1H3,(H,16,17)(H,18,19). The highest BCUT2D eigenvalue weighted by Crippen LogP contribution is 2.13. The molecule has 2 rings (SSSR count). The Hall–Kier alpha value is -2.64. The van der Waals surface area contributed by atoms with Gasteiger partial charge in [-0.2, -0.15) is 0 Å². The fourth-order valence-electron chi connectivity index (χ4n) is 1.84. The van der Waals surface area contributed by atoms with Crippen LogP contribution in [0.4, 0.5) is 0 Å². The van der Waals surface area contributed by atoms with Gasteiger partial charge < -0.3 is 14.6 Å². The number of hydrogen-bond acceptors (Lipinski definition) is 5. The number of aromatic carboxylic acids is 2. The minimum absolute atomic E-state index is 0.0862. The quantitative estimate of drug-likeness (QED) is 0.817. The van der Waals surface area contributed by atoms with Crippen molar-refractivity contribution < 1.29 is 24.2 Å². The van der Waals surface area contributed by atoms with Crippen molar-refractivity contribution >= 4 is 11.9 Å². The van der Waals surface area contributed by atoms with Crippen LogP contribution in [0.2, 0.25) is 0 Å². The second-order valence-corrected chi connectivity index (χ2v) is 4.17. The Kier molecular flexibility index (Phi) is 3.83. The van der Waals surface area contributed by atoms with Gasteiger partial charge in [-0.15, -0.1) is 5.10 Å². The van der Waals surface area contributed by atoms with Crippen LogP contribution >= 0.6 is 0 Å². The highest BCUT2D eigenvalue weighted by Gasteiger charge is 2.19. The Morgan fingerprint density at radius 1 is 1.30 bits per heavy atom.